The number of rotatable bonds is 2. The third-order valence-electron chi connectivity index (χ3n) is 2.37. The maximum atomic E-state index is 11.6. The summed E-state index contributed by atoms with van der Waals surface area (Å²) in [5.74, 6) is 0. The third kappa shape index (κ3) is 2.62. The van der Waals surface area contributed by atoms with Gasteiger partial charge in [0.25, 0.3) is 5.56 Å². The number of aromatic amines is 1. The first kappa shape index (κ1) is 14.8. The van der Waals surface area contributed by atoms with Crippen molar-refractivity contribution >= 4 is 33.0 Å². The van der Waals surface area contributed by atoms with Crippen LogP contribution in [0.1, 0.15) is 0 Å². The van der Waals surface area contributed by atoms with Gasteiger partial charge in [0.05, 0.1) is 15.7 Å². The van der Waals surface area contributed by atoms with Crippen LogP contribution in [-0.4, -0.2) is 29.4 Å². The minimum absolute atomic E-state index is 0.0426. The second-order valence-corrected chi connectivity index (χ2v) is 6.63. The Morgan fingerprint density at radius 1 is 1.20 bits per heavy atom. The van der Waals surface area contributed by atoms with Crippen LogP contribution in [0.2, 0.25) is 10.0 Å². The summed E-state index contributed by atoms with van der Waals surface area (Å²) in [6, 6.07) is 2.33. The van der Waals surface area contributed by atoms with Crippen molar-refractivity contribution in [3.8, 4) is 5.69 Å². The number of nitrogens with one attached hydrogen (secondary N) is 1. The second kappa shape index (κ2) is 5.04. The summed E-state index contributed by atoms with van der Waals surface area (Å²) in [5, 5.41) is 5.05. The van der Waals surface area contributed by atoms with Gasteiger partial charge in [0.1, 0.15) is 11.1 Å². The number of H-pyrrole nitrogens is 1. The predicted octanol–water partition coefficient (Wildman–Crippen LogP) is 0.631. The van der Waals surface area contributed by atoms with E-state index in [-0.39, 0.29) is 20.6 Å². The Kier molecular flexibility index (Phi) is 3.72. The highest BCUT2D eigenvalue weighted by atomic mass is 35.5. The average Bonchev–Trinajstić information content (AvgIpc) is 2.25. The molecule has 0 spiro atoms. The molecule has 20 heavy (non-hydrogen) atoms. The van der Waals surface area contributed by atoms with Gasteiger partial charge in [-0.1, -0.05) is 23.2 Å². The fourth-order valence-electron chi connectivity index (χ4n) is 1.62. The summed E-state index contributed by atoms with van der Waals surface area (Å²) in [4.78, 5) is 22.9. The first-order valence-corrected chi connectivity index (χ1v) is 7.73. The van der Waals surface area contributed by atoms with Crippen LogP contribution < -0.4 is 11.2 Å². The monoisotopic (exact) mass is 335 g/mol. The first-order chi connectivity index (χ1) is 9.21. The maximum Gasteiger partial charge on any atom is 0.349 e. The quantitative estimate of drug-likeness (QED) is 0.867. The molecular formula is C10H7Cl2N3O4S. The topological polar surface area (TPSA) is 102 Å². The van der Waals surface area contributed by atoms with Crippen LogP contribution in [0, 0.1) is 0 Å². The molecule has 0 aliphatic carbocycles. The van der Waals surface area contributed by atoms with Gasteiger partial charge in [-0.3, -0.25) is 4.79 Å². The van der Waals surface area contributed by atoms with Gasteiger partial charge in [-0.15, -0.1) is 0 Å². The molecular weight excluding hydrogens is 329 g/mol. The highest BCUT2D eigenvalue weighted by Crippen LogP contribution is 2.31. The smallest absolute Gasteiger partial charge is 0.267 e. The van der Waals surface area contributed by atoms with Gasteiger partial charge in [-0.25, -0.2) is 22.9 Å². The van der Waals surface area contributed by atoms with E-state index >= 15 is 0 Å². The van der Waals surface area contributed by atoms with Gasteiger partial charge >= 0.3 is 5.69 Å². The largest absolute Gasteiger partial charge is 0.349 e. The highest BCUT2D eigenvalue weighted by Gasteiger charge is 2.19. The van der Waals surface area contributed by atoms with Crippen LogP contribution in [-0.2, 0) is 9.84 Å². The summed E-state index contributed by atoms with van der Waals surface area (Å²) < 4.78 is 23.8. The molecule has 0 bridgehead atoms. The molecule has 0 saturated carbocycles. The fraction of sp³-hybridized carbons (Fsp3) is 0.100. The summed E-state index contributed by atoms with van der Waals surface area (Å²) in [6.45, 7) is 0. The summed E-state index contributed by atoms with van der Waals surface area (Å²) in [6.07, 6.45) is 1.85. The van der Waals surface area contributed by atoms with E-state index in [0.717, 1.165) is 17.0 Å². The number of hydrogen-bond acceptors (Lipinski definition) is 5. The van der Waals surface area contributed by atoms with E-state index in [1.54, 1.807) is 0 Å². The Labute approximate surface area is 122 Å². The Bertz CT molecular complexity index is 850. The minimum atomic E-state index is -3.63. The lowest BCUT2D eigenvalue weighted by Crippen LogP contribution is -2.33. The minimum Gasteiger partial charge on any atom is -0.267 e. The van der Waals surface area contributed by atoms with Crippen molar-refractivity contribution in [2.75, 3.05) is 6.26 Å². The van der Waals surface area contributed by atoms with E-state index in [2.05, 4.69) is 10.2 Å². The third-order valence-corrected chi connectivity index (χ3v) is 4.37. The van der Waals surface area contributed by atoms with E-state index in [4.69, 9.17) is 23.2 Å². The molecule has 1 N–H and O–H groups in total. The molecule has 10 heteroatoms. The Hall–Kier alpha value is -1.64. The predicted molar refractivity (Wildman–Crippen MR) is 73.6 cm³/mol. The zero-order valence-corrected chi connectivity index (χ0v) is 12.3. The van der Waals surface area contributed by atoms with Crippen LogP contribution in [0.15, 0.2) is 32.8 Å². The van der Waals surface area contributed by atoms with Crippen molar-refractivity contribution < 1.29 is 8.42 Å². The molecule has 7 nitrogen and oxygen atoms in total. The van der Waals surface area contributed by atoms with Crippen molar-refractivity contribution in [3.05, 3.63) is 49.2 Å². The van der Waals surface area contributed by atoms with E-state index in [0.29, 0.717) is 0 Å². The molecule has 1 aromatic carbocycles. The van der Waals surface area contributed by atoms with Crippen LogP contribution in [0.25, 0.3) is 5.69 Å². The van der Waals surface area contributed by atoms with E-state index < -0.39 is 21.1 Å². The maximum absolute atomic E-state index is 11.6. The molecule has 0 unspecified atom stereocenters. The van der Waals surface area contributed by atoms with Gasteiger partial charge in [-0.2, -0.15) is 5.10 Å². The lowest BCUT2D eigenvalue weighted by molar-refractivity contribution is 0.602. The van der Waals surface area contributed by atoms with Crippen molar-refractivity contribution in [1.82, 2.24) is 14.8 Å². The number of halogens is 2. The van der Waals surface area contributed by atoms with Crippen LogP contribution in [0.3, 0.4) is 0 Å². The summed E-state index contributed by atoms with van der Waals surface area (Å²) in [5.41, 5.74) is -1.45. The van der Waals surface area contributed by atoms with Gasteiger partial charge in [0.2, 0.25) is 0 Å². The van der Waals surface area contributed by atoms with E-state index in [9.17, 15) is 18.0 Å². The average molecular weight is 336 g/mol. The molecule has 0 atom stereocenters. The Morgan fingerprint density at radius 3 is 2.20 bits per heavy atom. The van der Waals surface area contributed by atoms with Crippen molar-refractivity contribution in [2.45, 2.75) is 4.90 Å². The lowest BCUT2D eigenvalue weighted by atomic mass is 10.3. The zero-order valence-electron chi connectivity index (χ0n) is 9.92. The SMILES string of the molecule is CS(=O)(=O)c1c(Cl)cc(-n2c(=O)cn[nH]c2=O)cc1Cl. The molecule has 1 aromatic heterocycles. The second-order valence-electron chi connectivity index (χ2n) is 3.86. The molecule has 0 aliphatic heterocycles. The molecule has 0 saturated heterocycles. The van der Waals surface area contributed by atoms with Crippen LogP contribution >= 0.6 is 23.2 Å². The van der Waals surface area contributed by atoms with E-state index in [1.807, 2.05) is 0 Å². The molecule has 2 rings (SSSR count). The summed E-state index contributed by atoms with van der Waals surface area (Å²) >= 11 is 11.7. The summed E-state index contributed by atoms with van der Waals surface area (Å²) in [7, 11) is -3.63. The number of nitrogens with zero attached hydrogens (tertiary/aromatic N) is 2. The molecule has 2 aromatic rings. The van der Waals surface area contributed by atoms with Crippen molar-refractivity contribution in [1.29, 1.82) is 0 Å². The Balaban J connectivity index is 2.81. The lowest BCUT2D eigenvalue weighted by Gasteiger charge is -2.09. The van der Waals surface area contributed by atoms with Gasteiger partial charge in [-0.05, 0) is 12.1 Å². The van der Waals surface area contributed by atoms with Crippen LogP contribution in [0.4, 0.5) is 0 Å². The standard InChI is InChI=1S/C10H7Cl2N3O4S/c1-20(18,19)9-6(11)2-5(3-7(9)12)15-8(16)4-13-14-10(15)17/h2-4H,1H3,(H,14,17). The zero-order chi connectivity index (χ0) is 15.1. The number of sulfone groups is 1. The number of benzene rings is 1. The van der Waals surface area contributed by atoms with E-state index in [1.165, 1.54) is 12.1 Å². The highest BCUT2D eigenvalue weighted by molar-refractivity contribution is 7.91. The van der Waals surface area contributed by atoms with Crippen molar-refractivity contribution in [3.63, 3.8) is 0 Å². The first-order valence-electron chi connectivity index (χ1n) is 5.08. The van der Waals surface area contributed by atoms with Gasteiger partial charge < -0.3 is 0 Å². The Morgan fingerprint density at radius 2 is 1.75 bits per heavy atom. The van der Waals surface area contributed by atoms with Crippen molar-refractivity contribution in [2.24, 2.45) is 0 Å². The normalized spacial score (nSPS) is 11.6. The molecule has 106 valence electrons. The molecule has 1 heterocycles. The van der Waals surface area contributed by atoms with Gasteiger partial charge in [0.15, 0.2) is 9.84 Å². The molecule has 0 fully saturated rings. The van der Waals surface area contributed by atoms with Gasteiger partial charge in [0, 0.05) is 6.26 Å². The van der Waals surface area contributed by atoms with Crippen LogP contribution in [0.5, 0.6) is 0 Å². The molecule has 0 aliphatic rings. The number of aromatic nitrogens is 3. The number of hydrogen-bond donors (Lipinski definition) is 1. The molecule has 0 amide bonds. The fourth-order valence-corrected chi connectivity index (χ4v) is 3.77. The molecule has 0 radical (unpaired) electrons.